The molecule has 1 aromatic carbocycles. The maximum Gasteiger partial charge on any atom is 0.245 e. The number of phenolic OH excluding ortho intramolecular Hbond substituents is 1. The van der Waals surface area contributed by atoms with Crippen LogP contribution in [0.15, 0.2) is 35.5 Å². The highest BCUT2D eigenvalue weighted by molar-refractivity contribution is 6.09. The van der Waals surface area contributed by atoms with E-state index in [0.717, 1.165) is 30.6 Å². The van der Waals surface area contributed by atoms with Crippen LogP contribution in [0.25, 0.3) is 16.8 Å². The zero-order valence-electron chi connectivity index (χ0n) is 16.3. The Morgan fingerprint density at radius 2 is 2.11 bits per heavy atom. The van der Waals surface area contributed by atoms with Gasteiger partial charge in [0.25, 0.3) is 0 Å². The van der Waals surface area contributed by atoms with Crippen LogP contribution in [-0.2, 0) is 0 Å². The molecule has 146 valence electrons. The van der Waals surface area contributed by atoms with Gasteiger partial charge in [0.2, 0.25) is 5.95 Å². The van der Waals surface area contributed by atoms with Crippen molar-refractivity contribution in [2.75, 3.05) is 25.0 Å². The Bertz CT molecular complexity index is 888. The molecule has 0 amide bonds. The van der Waals surface area contributed by atoms with Crippen molar-refractivity contribution in [3.05, 3.63) is 36.0 Å². The Morgan fingerprint density at radius 1 is 1.25 bits per heavy atom. The number of phenols is 1. The molecule has 0 radical (unpaired) electrons. The number of hydrogen-bond donors (Lipinski definition) is 2. The van der Waals surface area contributed by atoms with Gasteiger partial charge in [-0.2, -0.15) is 0 Å². The van der Waals surface area contributed by atoms with Gasteiger partial charge >= 0.3 is 0 Å². The van der Waals surface area contributed by atoms with Gasteiger partial charge in [0.05, 0.1) is 6.20 Å². The molecule has 2 aromatic rings. The van der Waals surface area contributed by atoms with Crippen molar-refractivity contribution < 1.29 is 5.11 Å². The first-order valence-electron chi connectivity index (χ1n) is 9.81. The number of allylic oxidation sites excluding steroid dienone is 2. The molecule has 4 rings (SSSR count). The predicted octanol–water partition coefficient (Wildman–Crippen LogP) is 2.68. The van der Waals surface area contributed by atoms with Crippen LogP contribution in [-0.4, -0.2) is 58.7 Å². The summed E-state index contributed by atoms with van der Waals surface area (Å²) in [6, 6.07) is 6.73. The van der Waals surface area contributed by atoms with E-state index in [0.29, 0.717) is 29.3 Å². The van der Waals surface area contributed by atoms with Gasteiger partial charge in [-0.3, -0.25) is 4.99 Å². The fourth-order valence-corrected chi connectivity index (χ4v) is 3.58. The lowest BCUT2D eigenvalue weighted by Crippen LogP contribution is -2.34. The molecule has 1 aromatic heterocycles. The highest BCUT2D eigenvalue weighted by atomic mass is 16.3. The van der Waals surface area contributed by atoms with Crippen molar-refractivity contribution in [1.82, 2.24) is 20.5 Å². The first-order chi connectivity index (χ1) is 13.7. The monoisotopic (exact) mass is 378 g/mol. The minimum absolute atomic E-state index is 0.153. The fourth-order valence-electron chi connectivity index (χ4n) is 3.58. The molecular formula is C21H26N6O. The summed E-state index contributed by atoms with van der Waals surface area (Å²) < 4.78 is 0. The minimum atomic E-state index is 0.153. The second kappa shape index (κ2) is 8.06. The molecule has 1 atom stereocenters. The summed E-state index contributed by atoms with van der Waals surface area (Å²) >= 11 is 0. The minimum Gasteiger partial charge on any atom is -0.507 e. The van der Waals surface area contributed by atoms with Crippen LogP contribution >= 0.6 is 0 Å². The van der Waals surface area contributed by atoms with E-state index in [1.807, 2.05) is 25.1 Å². The number of aromatic hydroxyl groups is 1. The van der Waals surface area contributed by atoms with Crippen LogP contribution in [0.2, 0.25) is 0 Å². The van der Waals surface area contributed by atoms with E-state index in [2.05, 4.69) is 30.4 Å². The van der Waals surface area contributed by atoms with Crippen molar-refractivity contribution in [1.29, 1.82) is 0 Å². The highest BCUT2D eigenvalue weighted by Gasteiger charge is 2.30. The van der Waals surface area contributed by atoms with Crippen molar-refractivity contribution >= 4 is 17.7 Å². The average molecular weight is 378 g/mol. The predicted molar refractivity (Wildman–Crippen MR) is 112 cm³/mol. The second-order valence-corrected chi connectivity index (χ2v) is 7.38. The van der Waals surface area contributed by atoms with Gasteiger partial charge in [-0.25, -0.2) is 4.98 Å². The second-order valence-electron chi connectivity index (χ2n) is 7.38. The summed E-state index contributed by atoms with van der Waals surface area (Å²) in [6.07, 6.45) is 9.12. The van der Waals surface area contributed by atoms with Crippen molar-refractivity contribution in [3.63, 3.8) is 0 Å². The van der Waals surface area contributed by atoms with Gasteiger partial charge in [0.15, 0.2) is 0 Å². The Balaban J connectivity index is 1.48. The molecule has 1 aliphatic carbocycles. The summed E-state index contributed by atoms with van der Waals surface area (Å²) in [7, 11) is 1.73. The molecule has 7 heteroatoms. The standard InChI is InChI=1S/C21H26N6O/c1-3-14(11-22-2)15-4-7-18(20(28)10-15)19-12-23-21(26-25-19)27-9-8-17(13-27)24-16-5-6-16/h3-4,7,10-12,16-17,24,28H,5-6,8-9,13H2,1-2H3/b14-3+,22-11?. The van der Waals surface area contributed by atoms with Crippen LogP contribution in [0, 0.1) is 0 Å². The molecule has 2 fully saturated rings. The molecule has 2 heterocycles. The lowest BCUT2D eigenvalue weighted by molar-refractivity contribution is 0.477. The maximum atomic E-state index is 10.5. The highest BCUT2D eigenvalue weighted by Crippen LogP contribution is 2.30. The Morgan fingerprint density at radius 3 is 2.75 bits per heavy atom. The number of anilines is 1. The number of hydrogen-bond acceptors (Lipinski definition) is 7. The van der Waals surface area contributed by atoms with E-state index < -0.39 is 0 Å². The third-order valence-electron chi connectivity index (χ3n) is 5.26. The molecule has 0 spiro atoms. The van der Waals surface area contributed by atoms with E-state index in [1.165, 1.54) is 12.8 Å². The smallest absolute Gasteiger partial charge is 0.245 e. The molecule has 1 unspecified atom stereocenters. The van der Waals surface area contributed by atoms with Crippen LogP contribution < -0.4 is 10.2 Å². The third kappa shape index (κ3) is 4.04. The quantitative estimate of drug-likeness (QED) is 0.752. The molecular weight excluding hydrogens is 352 g/mol. The maximum absolute atomic E-state index is 10.5. The van der Waals surface area contributed by atoms with E-state index in [-0.39, 0.29) is 5.75 Å². The third-order valence-corrected chi connectivity index (χ3v) is 5.26. The Kier molecular flexibility index (Phi) is 5.34. The van der Waals surface area contributed by atoms with E-state index in [4.69, 9.17) is 0 Å². The summed E-state index contributed by atoms with van der Waals surface area (Å²) in [5, 5.41) is 22.7. The molecule has 0 bridgehead atoms. The van der Waals surface area contributed by atoms with Gasteiger partial charge in [-0.15, -0.1) is 10.2 Å². The van der Waals surface area contributed by atoms with Crippen molar-refractivity contribution in [2.24, 2.45) is 4.99 Å². The van der Waals surface area contributed by atoms with E-state index in [9.17, 15) is 5.11 Å². The normalized spacial score (nSPS) is 20.3. The van der Waals surface area contributed by atoms with Crippen LogP contribution in [0.5, 0.6) is 5.75 Å². The van der Waals surface area contributed by atoms with Crippen LogP contribution in [0.1, 0.15) is 31.7 Å². The van der Waals surface area contributed by atoms with Crippen LogP contribution in [0.3, 0.4) is 0 Å². The molecule has 28 heavy (non-hydrogen) atoms. The fraction of sp³-hybridized carbons (Fsp3) is 0.429. The van der Waals surface area contributed by atoms with Crippen LogP contribution in [0.4, 0.5) is 5.95 Å². The van der Waals surface area contributed by atoms with Gasteiger partial charge in [-0.05, 0) is 49.5 Å². The molecule has 1 aliphatic heterocycles. The SMILES string of the molecule is C/C=C(\C=NC)c1ccc(-c2cnc(N3CCC(NC4CC4)C3)nn2)c(O)c1. The number of aromatic nitrogens is 3. The Hall–Kier alpha value is -2.80. The van der Waals surface area contributed by atoms with Gasteiger partial charge in [0.1, 0.15) is 11.4 Å². The summed E-state index contributed by atoms with van der Waals surface area (Å²) in [5.41, 5.74) is 3.03. The number of nitrogens with zero attached hydrogens (tertiary/aromatic N) is 5. The molecule has 2 N–H and O–H groups in total. The van der Waals surface area contributed by atoms with Gasteiger partial charge < -0.3 is 15.3 Å². The summed E-state index contributed by atoms with van der Waals surface area (Å²) in [6.45, 7) is 3.80. The number of aliphatic imine (C=N–C) groups is 1. The van der Waals surface area contributed by atoms with Crippen molar-refractivity contribution in [3.8, 4) is 17.0 Å². The number of nitrogens with one attached hydrogen (secondary N) is 1. The first-order valence-corrected chi connectivity index (χ1v) is 9.81. The number of benzene rings is 1. The zero-order valence-corrected chi connectivity index (χ0v) is 16.3. The zero-order chi connectivity index (χ0) is 19.5. The molecule has 7 nitrogen and oxygen atoms in total. The van der Waals surface area contributed by atoms with E-state index >= 15 is 0 Å². The molecule has 1 saturated heterocycles. The molecule has 2 aliphatic rings. The first kappa shape index (κ1) is 18.6. The lowest BCUT2D eigenvalue weighted by Gasteiger charge is -2.16. The number of rotatable bonds is 6. The molecule has 1 saturated carbocycles. The van der Waals surface area contributed by atoms with E-state index in [1.54, 1.807) is 25.5 Å². The summed E-state index contributed by atoms with van der Waals surface area (Å²) in [5.74, 6) is 0.801. The average Bonchev–Trinajstić information content (AvgIpc) is 3.41. The largest absolute Gasteiger partial charge is 0.507 e. The van der Waals surface area contributed by atoms with Gasteiger partial charge in [0, 0.05) is 44.0 Å². The Labute approximate surface area is 165 Å². The van der Waals surface area contributed by atoms with Gasteiger partial charge in [-0.1, -0.05) is 12.1 Å². The topological polar surface area (TPSA) is 86.5 Å². The summed E-state index contributed by atoms with van der Waals surface area (Å²) in [4.78, 5) is 10.7. The lowest BCUT2D eigenvalue weighted by atomic mass is 10.0. The van der Waals surface area contributed by atoms with Crippen molar-refractivity contribution in [2.45, 2.75) is 38.3 Å².